The Bertz CT molecular complexity index is 404. The van der Waals surface area contributed by atoms with E-state index in [1.54, 1.807) is 0 Å². The first-order valence-electron chi connectivity index (χ1n) is 4.67. The number of likely N-dealkylation sites (tertiary alicyclic amines) is 1. The number of hydrogen-bond acceptors (Lipinski definition) is 5. The van der Waals surface area contributed by atoms with Crippen LogP contribution in [0.5, 0.6) is 0 Å². The number of carboxylic acid groups (broad SMARTS) is 1. The molecule has 8 nitrogen and oxygen atoms in total. The van der Waals surface area contributed by atoms with E-state index >= 15 is 0 Å². The number of nitrogens with one attached hydrogen (secondary N) is 1. The lowest BCUT2D eigenvalue weighted by Crippen LogP contribution is -2.40. The van der Waals surface area contributed by atoms with Crippen LogP contribution in [-0.2, 0) is 4.79 Å². The third-order valence-electron chi connectivity index (χ3n) is 2.46. The molecule has 3 N–H and O–H groups in total. The summed E-state index contributed by atoms with van der Waals surface area (Å²) in [5.74, 6) is -1.67. The molecular formula is C8H10N4O4. The molecule has 1 aliphatic heterocycles. The molecule has 2 rings (SSSR count). The first-order chi connectivity index (χ1) is 7.59. The van der Waals surface area contributed by atoms with Gasteiger partial charge in [-0.2, -0.15) is 15.4 Å². The van der Waals surface area contributed by atoms with Gasteiger partial charge in [0.05, 0.1) is 12.3 Å². The van der Waals surface area contributed by atoms with Crippen molar-refractivity contribution < 1.29 is 19.8 Å². The van der Waals surface area contributed by atoms with E-state index in [1.165, 1.54) is 6.20 Å². The maximum Gasteiger partial charge on any atom is 0.326 e. The third kappa shape index (κ3) is 1.74. The molecule has 86 valence electrons. The van der Waals surface area contributed by atoms with Crippen molar-refractivity contribution in [3.8, 4) is 0 Å². The molecule has 1 fully saturated rings. The first-order valence-corrected chi connectivity index (χ1v) is 4.67. The molecule has 1 saturated heterocycles. The van der Waals surface area contributed by atoms with Crippen molar-refractivity contribution >= 4 is 11.9 Å². The van der Waals surface area contributed by atoms with Gasteiger partial charge in [0.25, 0.3) is 5.91 Å². The van der Waals surface area contributed by atoms with Gasteiger partial charge < -0.3 is 15.1 Å². The molecule has 2 atom stereocenters. The third-order valence-corrected chi connectivity index (χ3v) is 2.46. The van der Waals surface area contributed by atoms with Crippen molar-refractivity contribution in [2.45, 2.75) is 18.6 Å². The lowest BCUT2D eigenvalue weighted by atomic mass is 10.2. The van der Waals surface area contributed by atoms with Crippen LogP contribution in [0.2, 0.25) is 0 Å². The van der Waals surface area contributed by atoms with Crippen molar-refractivity contribution in [1.29, 1.82) is 0 Å². The number of aliphatic hydroxyl groups is 1. The topological polar surface area (TPSA) is 119 Å². The summed E-state index contributed by atoms with van der Waals surface area (Å²) in [4.78, 5) is 23.8. The maximum absolute atomic E-state index is 11.8. The van der Waals surface area contributed by atoms with Gasteiger partial charge >= 0.3 is 5.97 Å². The predicted molar refractivity (Wildman–Crippen MR) is 49.5 cm³/mol. The second-order valence-corrected chi connectivity index (χ2v) is 3.56. The van der Waals surface area contributed by atoms with Crippen molar-refractivity contribution in [3.63, 3.8) is 0 Å². The molecule has 8 heteroatoms. The Labute approximate surface area is 89.9 Å². The van der Waals surface area contributed by atoms with Crippen LogP contribution >= 0.6 is 0 Å². The van der Waals surface area contributed by atoms with E-state index in [4.69, 9.17) is 5.11 Å². The van der Waals surface area contributed by atoms with Crippen LogP contribution in [0.25, 0.3) is 0 Å². The molecule has 0 aliphatic carbocycles. The van der Waals surface area contributed by atoms with Gasteiger partial charge in [0, 0.05) is 13.0 Å². The number of rotatable bonds is 2. The molecule has 16 heavy (non-hydrogen) atoms. The van der Waals surface area contributed by atoms with E-state index in [2.05, 4.69) is 15.4 Å². The highest BCUT2D eigenvalue weighted by atomic mass is 16.4. The lowest BCUT2D eigenvalue weighted by Gasteiger charge is -2.19. The number of carbonyl (C=O) groups is 2. The Morgan fingerprint density at radius 2 is 2.31 bits per heavy atom. The number of H-pyrrole nitrogens is 1. The number of hydrogen-bond donors (Lipinski definition) is 3. The number of carbonyl (C=O) groups excluding carboxylic acids is 1. The Morgan fingerprint density at radius 1 is 1.56 bits per heavy atom. The lowest BCUT2D eigenvalue weighted by molar-refractivity contribution is -0.141. The number of aromatic amines is 1. The summed E-state index contributed by atoms with van der Waals surface area (Å²) in [6, 6.07) is -1.00. The van der Waals surface area contributed by atoms with E-state index in [9.17, 15) is 14.7 Å². The van der Waals surface area contributed by atoms with Gasteiger partial charge in [-0.25, -0.2) is 4.79 Å². The van der Waals surface area contributed by atoms with Crippen LogP contribution in [-0.4, -0.2) is 61.1 Å². The Morgan fingerprint density at radius 3 is 2.88 bits per heavy atom. The van der Waals surface area contributed by atoms with Crippen LogP contribution in [0.15, 0.2) is 6.20 Å². The summed E-state index contributed by atoms with van der Waals surface area (Å²) in [5.41, 5.74) is 0.0420. The second-order valence-electron chi connectivity index (χ2n) is 3.56. The fourth-order valence-electron chi connectivity index (χ4n) is 1.72. The summed E-state index contributed by atoms with van der Waals surface area (Å²) >= 11 is 0. The van der Waals surface area contributed by atoms with E-state index in [1.807, 2.05) is 0 Å². The fraction of sp³-hybridized carbons (Fsp3) is 0.500. The number of carboxylic acids is 1. The molecule has 1 aromatic rings. The fourth-order valence-corrected chi connectivity index (χ4v) is 1.72. The summed E-state index contributed by atoms with van der Waals surface area (Å²) in [7, 11) is 0. The van der Waals surface area contributed by atoms with Crippen molar-refractivity contribution in [3.05, 3.63) is 11.9 Å². The summed E-state index contributed by atoms with van der Waals surface area (Å²) in [6.45, 7) is 0.00264. The van der Waals surface area contributed by atoms with E-state index in [0.717, 1.165) is 4.90 Å². The van der Waals surface area contributed by atoms with Crippen LogP contribution in [0.4, 0.5) is 0 Å². The zero-order chi connectivity index (χ0) is 11.7. The Balaban J connectivity index is 2.20. The van der Waals surface area contributed by atoms with Gasteiger partial charge in [0.1, 0.15) is 6.04 Å². The molecule has 2 heterocycles. The van der Waals surface area contributed by atoms with Gasteiger partial charge in [0.2, 0.25) is 0 Å². The second kappa shape index (κ2) is 3.89. The molecule has 0 spiro atoms. The van der Waals surface area contributed by atoms with Gasteiger partial charge in [0.15, 0.2) is 5.69 Å². The van der Waals surface area contributed by atoms with E-state index in [0.29, 0.717) is 0 Å². The molecule has 0 bridgehead atoms. The summed E-state index contributed by atoms with van der Waals surface area (Å²) < 4.78 is 0. The van der Waals surface area contributed by atoms with Crippen molar-refractivity contribution in [2.24, 2.45) is 0 Å². The van der Waals surface area contributed by atoms with Crippen LogP contribution in [0.1, 0.15) is 16.9 Å². The average molecular weight is 226 g/mol. The summed E-state index contributed by atoms with van der Waals surface area (Å²) in [6.07, 6.45) is 0.446. The highest BCUT2D eigenvalue weighted by Gasteiger charge is 2.39. The molecule has 1 aliphatic rings. The van der Waals surface area contributed by atoms with Crippen molar-refractivity contribution in [2.75, 3.05) is 6.54 Å². The number of β-amino-alcohol motifs (C(OH)–C–C–N with tert-alkyl or cyclic N) is 1. The molecule has 1 amide bonds. The SMILES string of the molecule is O=C(O)[C@@H]1C[C@H](O)CN1C(=O)c1cn[nH]n1. The zero-order valence-corrected chi connectivity index (χ0v) is 8.20. The van der Waals surface area contributed by atoms with Gasteiger partial charge in [-0.15, -0.1) is 0 Å². The molecular weight excluding hydrogens is 216 g/mol. The van der Waals surface area contributed by atoms with Gasteiger partial charge in [-0.05, 0) is 0 Å². The number of aromatic nitrogens is 3. The Kier molecular flexibility index (Phi) is 2.57. The smallest absolute Gasteiger partial charge is 0.326 e. The van der Waals surface area contributed by atoms with Crippen LogP contribution in [0, 0.1) is 0 Å². The zero-order valence-electron chi connectivity index (χ0n) is 8.20. The number of aliphatic hydroxyl groups excluding tert-OH is 1. The average Bonchev–Trinajstić information content (AvgIpc) is 2.84. The highest BCUT2D eigenvalue weighted by Crippen LogP contribution is 2.19. The highest BCUT2D eigenvalue weighted by molar-refractivity contribution is 5.95. The quantitative estimate of drug-likeness (QED) is 0.562. The molecule has 1 aromatic heterocycles. The minimum Gasteiger partial charge on any atom is -0.480 e. The number of amides is 1. The minimum absolute atomic E-state index is 0.00264. The molecule has 0 unspecified atom stereocenters. The monoisotopic (exact) mass is 226 g/mol. The predicted octanol–water partition coefficient (Wildman–Crippen LogP) is -1.54. The normalized spacial score (nSPS) is 24.7. The summed E-state index contributed by atoms with van der Waals surface area (Å²) in [5, 5.41) is 27.6. The minimum atomic E-state index is -1.13. The number of aliphatic carboxylic acids is 1. The maximum atomic E-state index is 11.8. The largest absolute Gasteiger partial charge is 0.480 e. The standard InChI is InChI=1S/C8H10N4O4/c13-4-1-6(8(15)16)12(3-4)7(14)5-2-9-11-10-5/h2,4,6,13H,1,3H2,(H,15,16)(H,9,10,11)/t4-,6-/m0/s1. The van der Waals surface area contributed by atoms with Gasteiger partial charge in [-0.1, -0.05) is 0 Å². The van der Waals surface area contributed by atoms with E-state index < -0.39 is 24.0 Å². The Hall–Kier alpha value is -1.96. The van der Waals surface area contributed by atoms with E-state index in [-0.39, 0.29) is 18.7 Å². The first kappa shape index (κ1) is 10.6. The van der Waals surface area contributed by atoms with Gasteiger partial charge in [-0.3, -0.25) is 4.79 Å². The molecule has 0 aromatic carbocycles. The van der Waals surface area contributed by atoms with Crippen LogP contribution < -0.4 is 0 Å². The molecule has 0 saturated carbocycles. The number of nitrogens with zero attached hydrogens (tertiary/aromatic N) is 3. The van der Waals surface area contributed by atoms with Crippen LogP contribution in [0.3, 0.4) is 0 Å². The van der Waals surface area contributed by atoms with Crippen molar-refractivity contribution in [1.82, 2.24) is 20.3 Å². The molecule has 0 radical (unpaired) electrons.